The molecular formula is C27H30N4O3S. The van der Waals surface area contributed by atoms with Crippen molar-refractivity contribution in [1.82, 2.24) is 14.3 Å². The Balaban J connectivity index is 1.38. The van der Waals surface area contributed by atoms with Crippen LogP contribution < -0.4 is 10.1 Å². The second kappa shape index (κ2) is 10.1. The van der Waals surface area contributed by atoms with Gasteiger partial charge in [0, 0.05) is 48.8 Å². The van der Waals surface area contributed by atoms with Gasteiger partial charge in [-0.15, -0.1) is 0 Å². The van der Waals surface area contributed by atoms with Crippen LogP contribution in [0.5, 0.6) is 5.75 Å². The Labute approximate surface area is 206 Å². The molecule has 1 atom stereocenters. The Hall–Kier alpha value is -3.36. The quantitative estimate of drug-likeness (QED) is 0.363. The van der Waals surface area contributed by atoms with E-state index < -0.39 is 10.0 Å². The number of methoxy groups -OCH3 is 1. The van der Waals surface area contributed by atoms with Crippen LogP contribution in [0.4, 0.5) is 5.82 Å². The Bertz CT molecular complexity index is 1380. The maximum atomic E-state index is 12.9. The number of piperidine rings is 1. The second-order valence-corrected chi connectivity index (χ2v) is 10.8. The predicted molar refractivity (Wildman–Crippen MR) is 138 cm³/mol. The van der Waals surface area contributed by atoms with Gasteiger partial charge in [-0.2, -0.15) is 4.31 Å². The molecule has 0 spiro atoms. The van der Waals surface area contributed by atoms with Gasteiger partial charge in [0.15, 0.2) is 0 Å². The van der Waals surface area contributed by atoms with Gasteiger partial charge < -0.3 is 15.0 Å². The molecule has 2 N–H and O–H groups in total. The van der Waals surface area contributed by atoms with E-state index in [2.05, 4.69) is 45.7 Å². The average molecular weight is 491 g/mol. The summed E-state index contributed by atoms with van der Waals surface area (Å²) in [4.78, 5) is 8.05. The fourth-order valence-corrected chi connectivity index (χ4v) is 6.19. The summed E-state index contributed by atoms with van der Waals surface area (Å²) >= 11 is 0. The highest BCUT2D eigenvalue weighted by Gasteiger charge is 2.26. The molecule has 0 aliphatic carbocycles. The molecule has 0 saturated carbocycles. The zero-order valence-electron chi connectivity index (χ0n) is 19.8. The first-order valence-corrected chi connectivity index (χ1v) is 13.4. The SMILES string of the molecule is COc1ccc(C(CNc2ccc(S(=O)(=O)N3CCCCC3)cn2)c2c[nH]c3ccccc23)cc1. The minimum Gasteiger partial charge on any atom is -0.497 e. The molecule has 2 aromatic heterocycles. The molecule has 0 amide bonds. The first-order chi connectivity index (χ1) is 17.1. The molecule has 7 nitrogen and oxygen atoms in total. The summed E-state index contributed by atoms with van der Waals surface area (Å²) < 4.78 is 32.8. The van der Waals surface area contributed by atoms with Crippen LogP contribution >= 0.6 is 0 Å². The molecule has 0 radical (unpaired) electrons. The lowest BCUT2D eigenvalue weighted by molar-refractivity contribution is 0.346. The van der Waals surface area contributed by atoms with Crippen LogP contribution in [0.2, 0.25) is 0 Å². The van der Waals surface area contributed by atoms with E-state index in [4.69, 9.17) is 4.74 Å². The molecule has 3 heterocycles. The van der Waals surface area contributed by atoms with Gasteiger partial charge in [0.2, 0.25) is 10.0 Å². The molecule has 1 fully saturated rings. The van der Waals surface area contributed by atoms with Crippen LogP contribution in [0.3, 0.4) is 0 Å². The van der Waals surface area contributed by atoms with E-state index in [1.54, 1.807) is 23.5 Å². The molecule has 8 heteroatoms. The summed E-state index contributed by atoms with van der Waals surface area (Å²) in [5.41, 5.74) is 3.42. The number of H-pyrrole nitrogens is 1. The smallest absolute Gasteiger partial charge is 0.244 e. The maximum absolute atomic E-state index is 12.9. The van der Waals surface area contributed by atoms with Crippen molar-refractivity contribution in [3.8, 4) is 5.75 Å². The van der Waals surface area contributed by atoms with E-state index in [0.29, 0.717) is 25.5 Å². The van der Waals surface area contributed by atoms with E-state index >= 15 is 0 Å². The Morgan fingerprint density at radius 2 is 1.80 bits per heavy atom. The number of ether oxygens (including phenoxy) is 1. The van der Waals surface area contributed by atoms with E-state index in [1.165, 1.54) is 17.1 Å². The summed E-state index contributed by atoms with van der Waals surface area (Å²) in [7, 11) is -1.83. The van der Waals surface area contributed by atoms with Gasteiger partial charge in [0.1, 0.15) is 16.5 Å². The molecule has 1 aliphatic heterocycles. The normalized spacial score (nSPS) is 15.7. The van der Waals surface area contributed by atoms with Crippen LogP contribution in [0.25, 0.3) is 10.9 Å². The largest absolute Gasteiger partial charge is 0.497 e. The van der Waals surface area contributed by atoms with E-state index in [-0.39, 0.29) is 10.8 Å². The van der Waals surface area contributed by atoms with Gasteiger partial charge in [-0.05, 0) is 54.3 Å². The minimum absolute atomic E-state index is 0.0515. The summed E-state index contributed by atoms with van der Waals surface area (Å²) in [6, 6.07) is 19.7. The lowest BCUT2D eigenvalue weighted by atomic mass is 9.91. The number of benzene rings is 2. The number of aromatic nitrogens is 2. The highest BCUT2D eigenvalue weighted by atomic mass is 32.2. The second-order valence-electron chi connectivity index (χ2n) is 8.84. The topological polar surface area (TPSA) is 87.3 Å². The summed E-state index contributed by atoms with van der Waals surface area (Å²) in [6.07, 6.45) is 6.42. The first kappa shape index (κ1) is 23.4. The minimum atomic E-state index is -3.49. The first-order valence-electron chi connectivity index (χ1n) is 12.0. The number of anilines is 1. The van der Waals surface area contributed by atoms with Crippen LogP contribution in [-0.2, 0) is 10.0 Å². The number of rotatable bonds is 8. The van der Waals surface area contributed by atoms with Crippen molar-refractivity contribution >= 4 is 26.7 Å². The molecule has 5 rings (SSSR count). The van der Waals surface area contributed by atoms with Crippen LogP contribution in [0.1, 0.15) is 36.3 Å². The number of aromatic amines is 1. The Kier molecular flexibility index (Phi) is 6.74. The van der Waals surface area contributed by atoms with Crippen LogP contribution in [0.15, 0.2) is 78.0 Å². The lowest BCUT2D eigenvalue weighted by Crippen LogP contribution is -2.35. The zero-order chi connectivity index (χ0) is 24.3. The molecular weight excluding hydrogens is 460 g/mol. The number of nitrogens with zero attached hydrogens (tertiary/aromatic N) is 2. The number of pyridine rings is 1. The standard InChI is InChI=1S/C27H30N4O3S/c1-34-21-11-9-20(10-12-21)24(25-19-28-26-8-4-3-7-23(25)26)18-30-27-14-13-22(17-29-27)35(32,33)31-15-5-2-6-16-31/h3-4,7-14,17,19,24,28H,2,5-6,15-16,18H2,1H3,(H,29,30). The molecule has 182 valence electrons. The molecule has 1 saturated heterocycles. The fraction of sp³-hybridized carbons (Fsp3) is 0.296. The van der Waals surface area contributed by atoms with Gasteiger partial charge in [-0.3, -0.25) is 0 Å². The van der Waals surface area contributed by atoms with Gasteiger partial charge in [0.05, 0.1) is 7.11 Å². The molecule has 2 aromatic carbocycles. The van der Waals surface area contributed by atoms with Crippen LogP contribution in [-0.4, -0.2) is 49.4 Å². The van der Waals surface area contributed by atoms with Crippen molar-refractivity contribution in [1.29, 1.82) is 0 Å². The summed E-state index contributed by atoms with van der Waals surface area (Å²) in [5.74, 6) is 1.50. The van der Waals surface area contributed by atoms with Crippen molar-refractivity contribution in [2.24, 2.45) is 0 Å². The number of para-hydroxylation sites is 1. The van der Waals surface area contributed by atoms with Gasteiger partial charge in [-0.25, -0.2) is 13.4 Å². The summed E-state index contributed by atoms with van der Waals surface area (Å²) in [5, 5.41) is 4.59. The highest BCUT2D eigenvalue weighted by molar-refractivity contribution is 7.89. The maximum Gasteiger partial charge on any atom is 0.244 e. The number of fused-ring (bicyclic) bond motifs is 1. The third-order valence-electron chi connectivity index (χ3n) is 6.69. The van der Waals surface area contributed by atoms with E-state index in [9.17, 15) is 8.42 Å². The predicted octanol–water partition coefficient (Wildman–Crippen LogP) is 4.99. The molecule has 0 bridgehead atoms. The fourth-order valence-electron chi connectivity index (χ4n) is 4.72. The van der Waals surface area contributed by atoms with Crippen molar-refractivity contribution in [2.45, 2.75) is 30.1 Å². The van der Waals surface area contributed by atoms with Crippen molar-refractivity contribution in [3.63, 3.8) is 0 Å². The molecule has 4 aromatic rings. The number of nitrogens with one attached hydrogen (secondary N) is 2. The van der Waals surface area contributed by atoms with Gasteiger partial charge >= 0.3 is 0 Å². The third kappa shape index (κ3) is 4.90. The van der Waals surface area contributed by atoms with E-state index in [1.807, 2.05) is 24.3 Å². The summed E-state index contributed by atoms with van der Waals surface area (Å²) in [6.45, 7) is 1.76. The average Bonchev–Trinajstić information content (AvgIpc) is 3.34. The van der Waals surface area contributed by atoms with Crippen LogP contribution in [0, 0.1) is 0 Å². The number of sulfonamides is 1. The molecule has 1 unspecified atom stereocenters. The van der Waals surface area contributed by atoms with Gasteiger partial charge in [0.25, 0.3) is 0 Å². The number of hydrogen-bond acceptors (Lipinski definition) is 5. The zero-order valence-corrected chi connectivity index (χ0v) is 20.6. The molecule has 35 heavy (non-hydrogen) atoms. The Morgan fingerprint density at radius 1 is 1.03 bits per heavy atom. The highest BCUT2D eigenvalue weighted by Crippen LogP contribution is 2.32. The monoisotopic (exact) mass is 490 g/mol. The van der Waals surface area contributed by atoms with Crippen molar-refractivity contribution in [2.75, 3.05) is 32.1 Å². The Morgan fingerprint density at radius 3 is 2.51 bits per heavy atom. The lowest BCUT2D eigenvalue weighted by Gasteiger charge is -2.25. The van der Waals surface area contributed by atoms with E-state index in [0.717, 1.165) is 36.1 Å². The van der Waals surface area contributed by atoms with Crippen molar-refractivity contribution in [3.05, 3.63) is 84.2 Å². The third-order valence-corrected chi connectivity index (χ3v) is 8.57. The van der Waals surface area contributed by atoms with Gasteiger partial charge in [-0.1, -0.05) is 36.8 Å². The number of hydrogen-bond donors (Lipinski definition) is 2. The molecule has 1 aliphatic rings. The van der Waals surface area contributed by atoms with Crippen molar-refractivity contribution < 1.29 is 13.2 Å².